The van der Waals surface area contributed by atoms with Crippen LogP contribution in [0.3, 0.4) is 0 Å². The molecule has 0 spiro atoms. The van der Waals surface area contributed by atoms with Gasteiger partial charge in [-0.25, -0.2) is 9.97 Å². The van der Waals surface area contributed by atoms with Gasteiger partial charge in [0.05, 0.1) is 17.5 Å². The topological polar surface area (TPSA) is 78.3 Å². The van der Waals surface area contributed by atoms with E-state index in [1.54, 1.807) is 41.9 Å². The Hall–Kier alpha value is -2.18. The van der Waals surface area contributed by atoms with Gasteiger partial charge in [0.2, 0.25) is 0 Å². The molecule has 0 amide bonds. The average molecular weight is 369 g/mol. The molecule has 0 saturated heterocycles. The predicted molar refractivity (Wildman–Crippen MR) is 105 cm³/mol. The molecule has 2 heterocycles. The van der Waals surface area contributed by atoms with Crippen molar-refractivity contribution >= 4 is 27.4 Å². The summed E-state index contributed by atoms with van der Waals surface area (Å²) in [5.74, 6) is 1.71. The van der Waals surface area contributed by atoms with Crippen LogP contribution < -0.4 is 5.32 Å². The fraction of sp³-hybridized carbons (Fsp3) is 0.400. The minimum absolute atomic E-state index is 0.193. The molecule has 3 aromatic rings. The van der Waals surface area contributed by atoms with E-state index >= 15 is 0 Å². The molecule has 0 bridgehead atoms. The molecule has 1 aliphatic rings. The Morgan fingerprint density at radius 1 is 1.23 bits per heavy atom. The lowest BCUT2D eigenvalue weighted by Gasteiger charge is -2.22. The van der Waals surface area contributed by atoms with Crippen molar-refractivity contribution in [3.05, 3.63) is 46.6 Å². The lowest BCUT2D eigenvalue weighted by atomic mass is 9.89. The smallest absolute Gasteiger partial charge is 0.138 e. The van der Waals surface area contributed by atoms with Crippen molar-refractivity contribution in [1.82, 2.24) is 9.97 Å². The van der Waals surface area contributed by atoms with Gasteiger partial charge in [-0.15, -0.1) is 11.3 Å². The van der Waals surface area contributed by atoms with Crippen LogP contribution in [-0.2, 0) is 12.8 Å². The van der Waals surface area contributed by atoms with Gasteiger partial charge in [0.1, 0.15) is 22.7 Å². The number of anilines is 1. The normalized spacial score (nSPS) is 19.1. The first-order chi connectivity index (χ1) is 12.5. The predicted octanol–water partition coefficient (Wildman–Crippen LogP) is 4.06. The molecule has 1 aromatic carbocycles. The standard InChI is InChI=1S/C20H23N3O2S/c1-11-3-8-15-16(9-11)26-20-17(15)19(21-10-22-20)23-12(2)18(25)13-4-6-14(24)7-5-13/h4-7,10-12,18,24-25H,3,8-9H2,1-2H3,(H,21,22,23)/t11-,12+,18+/m1/s1. The highest BCUT2D eigenvalue weighted by molar-refractivity contribution is 7.19. The van der Waals surface area contributed by atoms with Crippen LogP contribution in [0.2, 0.25) is 0 Å². The number of hydrogen-bond acceptors (Lipinski definition) is 6. The monoisotopic (exact) mass is 369 g/mol. The summed E-state index contributed by atoms with van der Waals surface area (Å²) in [6.45, 7) is 4.24. The number of aliphatic hydroxyl groups excluding tert-OH is 1. The SMILES string of the molecule is C[C@@H]1CCc2c(sc3ncnc(N[C@@H](C)[C@H](O)c4ccc(O)cc4)c23)C1. The Morgan fingerprint density at radius 3 is 2.77 bits per heavy atom. The number of thiophene rings is 1. The molecular weight excluding hydrogens is 346 g/mol. The highest BCUT2D eigenvalue weighted by Gasteiger charge is 2.24. The first kappa shape index (κ1) is 17.2. The summed E-state index contributed by atoms with van der Waals surface area (Å²) in [6.07, 6.45) is 4.26. The molecule has 3 atom stereocenters. The Bertz CT molecular complexity index is 923. The minimum Gasteiger partial charge on any atom is -0.508 e. The van der Waals surface area contributed by atoms with E-state index in [4.69, 9.17) is 0 Å². The molecule has 0 fully saturated rings. The van der Waals surface area contributed by atoms with Crippen LogP contribution >= 0.6 is 11.3 Å². The summed E-state index contributed by atoms with van der Waals surface area (Å²) in [4.78, 5) is 11.4. The third-order valence-electron chi connectivity index (χ3n) is 5.16. The fourth-order valence-electron chi connectivity index (χ4n) is 3.64. The highest BCUT2D eigenvalue weighted by Crippen LogP contribution is 2.40. The third kappa shape index (κ3) is 3.15. The van der Waals surface area contributed by atoms with Crippen molar-refractivity contribution in [1.29, 1.82) is 0 Å². The second kappa shape index (κ2) is 6.85. The van der Waals surface area contributed by atoms with E-state index in [0.29, 0.717) is 0 Å². The van der Waals surface area contributed by atoms with Crippen LogP contribution in [0.4, 0.5) is 5.82 Å². The van der Waals surface area contributed by atoms with E-state index < -0.39 is 6.10 Å². The summed E-state index contributed by atoms with van der Waals surface area (Å²) in [6, 6.07) is 6.42. The van der Waals surface area contributed by atoms with Crippen molar-refractivity contribution < 1.29 is 10.2 Å². The van der Waals surface area contributed by atoms with Gasteiger partial charge in [-0.05, 0) is 55.4 Å². The first-order valence-corrected chi connectivity index (χ1v) is 9.83. The quantitative estimate of drug-likeness (QED) is 0.646. The molecule has 0 saturated carbocycles. The zero-order valence-electron chi connectivity index (χ0n) is 14.9. The average Bonchev–Trinajstić information content (AvgIpc) is 3.00. The van der Waals surface area contributed by atoms with Crippen LogP contribution in [0.1, 0.15) is 42.4 Å². The van der Waals surface area contributed by atoms with Gasteiger partial charge in [-0.3, -0.25) is 0 Å². The Labute approximate surface area is 156 Å². The molecule has 5 nitrogen and oxygen atoms in total. The number of aromatic nitrogens is 2. The maximum Gasteiger partial charge on any atom is 0.138 e. The maximum absolute atomic E-state index is 10.7. The number of rotatable bonds is 4. The first-order valence-electron chi connectivity index (χ1n) is 9.01. The molecular formula is C20H23N3O2S. The second-order valence-corrected chi connectivity index (χ2v) is 8.31. The van der Waals surface area contributed by atoms with Crippen LogP contribution in [0.15, 0.2) is 30.6 Å². The number of phenols is 1. The van der Waals surface area contributed by atoms with Crippen LogP contribution in [0.5, 0.6) is 5.75 Å². The summed E-state index contributed by atoms with van der Waals surface area (Å²) >= 11 is 1.77. The van der Waals surface area contributed by atoms with Gasteiger partial charge in [-0.2, -0.15) is 0 Å². The number of aliphatic hydroxyl groups is 1. The molecule has 4 rings (SSSR count). The molecule has 6 heteroatoms. The van der Waals surface area contributed by atoms with Crippen LogP contribution in [0.25, 0.3) is 10.2 Å². The Balaban J connectivity index is 1.63. The van der Waals surface area contributed by atoms with Crippen LogP contribution in [0, 0.1) is 5.92 Å². The number of hydrogen-bond donors (Lipinski definition) is 3. The molecule has 136 valence electrons. The molecule has 0 radical (unpaired) electrons. The zero-order chi connectivity index (χ0) is 18.3. The summed E-state index contributed by atoms with van der Waals surface area (Å²) in [5.41, 5.74) is 2.13. The van der Waals surface area contributed by atoms with Crippen molar-refractivity contribution in [3.63, 3.8) is 0 Å². The number of aryl methyl sites for hydroxylation is 1. The summed E-state index contributed by atoms with van der Waals surface area (Å²) in [7, 11) is 0. The molecule has 0 aliphatic heterocycles. The van der Waals surface area contributed by atoms with E-state index in [1.165, 1.54) is 16.9 Å². The van der Waals surface area contributed by atoms with Gasteiger partial charge in [0, 0.05) is 4.88 Å². The summed E-state index contributed by atoms with van der Waals surface area (Å²) < 4.78 is 0. The Kier molecular flexibility index (Phi) is 4.54. The van der Waals surface area contributed by atoms with E-state index in [9.17, 15) is 10.2 Å². The van der Waals surface area contributed by atoms with Gasteiger partial charge >= 0.3 is 0 Å². The lowest BCUT2D eigenvalue weighted by Crippen LogP contribution is -2.25. The number of fused-ring (bicyclic) bond motifs is 3. The van der Waals surface area contributed by atoms with Gasteiger partial charge in [0.15, 0.2) is 0 Å². The molecule has 1 aliphatic carbocycles. The lowest BCUT2D eigenvalue weighted by molar-refractivity contribution is 0.160. The Morgan fingerprint density at radius 2 is 2.00 bits per heavy atom. The molecule has 26 heavy (non-hydrogen) atoms. The number of phenolic OH excluding ortho intramolecular Hbond substituents is 1. The third-order valence-corrected chi connectivity index (χ3v) is 6.33. The van der Waals surface area contributed by atoms with Gasteiger partial charge in [-0.1, -0.05) is 19.1 Å². The van der Waals surface area contributed by atoms with E-state index in [0.717, 1.165) is 40.4 Å². The molecule has 0 unspecified atom stereocenters. The summed E-state index contributed by atoms with van der Waals surface area (Å²) in [5, 5.41) is 24.6. The number of aromatic hydroxyl groups is 1. The second-order valence-electron chi connectivity index (χ2n) is 7.22. The van der Waals surface area contributed by atoms with E-state index in [2.05, 4.69) is 22.2 Å². The highest BCUT2D eigenvalue weighted by atomic mass is 32.1. The van der Waals surface area contributed by atoms with Crippen molar-refractivity contribution in [2.45, 2.75) is 45.3 Å². The number of nitrogens with one attached hydrogen (secondary N) is 1. The van der Waals surface area contributed by atoms with Gasteiger partial charge in [0.25, 0.3) is 0 Å². The molecule has 3 N–H and O–H groups in total. The van der Waals surface area contributed by atoms with Gasteiger partial charge < -0.3 is 15.5 Å². The minimum atomic E-state index is -0.699. The largest absolute Gasteiger partial charge is 0.508 e. The van der Waals surface area contributed by atoms with E-state index in [1.807, 2.05) is 6.92 Å². The zero-order valence-corrected chi connectivity index (χ0v) is 15.8. The number of nitrogens with zero attached hydrogens (tertiary/aromatic N) is 2. The maximum atomic E-state index is 10.7. The molecule has 2 aromatic heterocycles. The van der Waals surface area contributed by atoms with Crippen LogP contribution in [-0.4, -0.2) is 26.2 Å². The van der Waals surface area contributed by atoms with Crippen molar-refractivity contribution in [2.75, 3.05) is 5.32 Å². The fourth-order valence-corrected chi connectivity index (χ4v) is 4.99. The van der Waals surface area contributed by atoms with Crippen molar-refractivity contribution in [3.8, 4) is 5.75 Å². The number of benzene rings is 1. The van der Waals surface area contributed by atoms with Crippen molar-refractivity contribution in [2.24, 2.45) is 5.92 Å². The van der Waals surface area contributed by atoms with E-state index in [-0.39, 0.29) is 11.8 Å².